The fourth-order valence-electron chi connectivity index (χ4n) is 3.13. The van der Waals surface area contributed by atoms with Gasteiger partial charge in [0.15, 0.2) is 6.10 Å². The van der Waals surface area contributed by atoms with Crippen molar-refractivity contribution in [2.75, 3.05) is 6.54 Å². The third-order valence-electron chi connectivity index (χ3n) is 4.94. The van der Waals surface area contributed by atoms with E-state index in [1.165, 1.54) is 11.2 Å². The lowest BCUT2D eigenvalue weighted by Crippen LogP contribution is -2.50. The van der Waals surface area contributed by atoms with Crippen molar-refractivity contribution in [3.8, 4) is 0 Å². The summed E-state index contributed by atoms with van der Waals surface area (Å²) in [4.78, 5) is 24.8. The zero-order chi connectivity index (χ0) is 19.6. The SMILES string of the molecule is Cc1ccc(S(=O)(=O)N2CCCC[C@H]2C(=O)O[C@@H](C)C(=O)NC2CC2)cc1. The fraction of sp³-hybridized carbons (Fsp3) is 0.579. The Morgan fingerprint density at radius 1 is 1.15 bits per heavy atom. The van der Waals surface area contributed by atoms with Crippen LogP contribution in [-0.2, 0) is 24.3 Å². The lowest BCUT2D eigenvalue weighted by atomic mass is 10.1. The van der Waals surface area contributed by atoms with E-state index in [4.69, 9.17) is 4.74 Å². The van der Waals surface area contributed by atoms with Crippen molar-refractivity contribution in [1.29, 1.82) is 0 Å². The molecule has 2 fully saturated rings. The number of amides is 1. The van der Waals surface area contributed by atoms with Crippen LogP contribution in [0.3, 0.4) is 0 Å². The summed E-state index contributed by atoms with van der Waals surface area (Å²) in [7, 11) is -3.81. The molecule has 0 unspecified atom stereocenters. The Balaban J connectivity index is 1.73. The first-order valence-corrected chi connectivity index (χ1v) is 10.8. The first kappa shape index (κ1) is 19.8. The number of ether oxygens (including phenoxy) is 1. The van der Waals surface area contributed by atoms with E-state index in [9.17, 15) is 18.0 Å². The number of piperidine rings is 1. The van der Waals surface area contributed by atoms with Crippen molar-refractivity contribution in [2.45, 2.75) is 69.0 Å². The summed E-state index contributed by atoms with van der Waals surface area (Å²) in [6, 6.07) is 5.83. The molecule has 7 nitrogen and oxygen atoms in total. The summed E-state index contributed by atoms with van der Waals surface area (Å²) in [5.74, 6) is -1.00. The van der Waals surface area contributed by atoms with E-state index < -0.39 is 28.1 Å². The Hall–Kier alpha value is -1.93. The highest BCUT2D eigenvalue weighted by molar-refractivity contribution is 7.89. The highest BCUT2D eigenvalue weighted by Crippen LogP contribution is 2.27. The molecule has 1 aromatic carbocycles. The maximum Gasteiger partial charge on any atom is 0.325 e. The van der Waals surface area contributed by atoms with Crippen LogP contribution in [-0.4, -0.2) is 49.3 Å². The summed E-state index contributed by atoms with van der Waals surface area (Å²) in [5.41, 5.74) is 0.957. The van der Waals surface area contributed by atoms with E-state index in [1.807, 2.05) is 6.92 Å². The second-order valence-corrected chi connectivity index (χ2v) is 9.19. The molecule has 1 saturated carbocycles. The smallest absolute Gasteiger partial charge is 0.325 e. The third kappa shape index (κ3) is 4.68. The molecule has 1 N–H and O–H groups in total. The molecule has 0 bridgehead atoms. The predicted octanol–water partition coefficient (Wildman–Crippen LogP) is 1.75. The second kappa shape index (κ2) is 7.98. The average Bonchev–Trinajstić information content (AvgIpc) is 3.46. The molecule has 148 valence electrons. The standard InChI is InChI=1S/C19H26N2O5S/c1-13-6-10-16(11-7-13)27(24,25)21-12-4-3-5-17(21)19(23)26-14(2)18(22)20-15-8-9-15/h6-7,10-11,14-15,17H,3-5,8-9,12H2,1-2H3,(H,20,22)/t14-,17-/m0/s1. The number of nitrogens with one attached hydrogen (secondary N) is 1. The van der Waals surface area contributed by atoms with Gasteiger partial charge in [0.2, 0.25) is 10.0 Å². The Kier molecular flexibility index (Phi) is 5.86. The Morgan fingerprint density at radius 3 is 2.44 bits per heavy atom. The third-order valence-corrected chi connectivity index (χ3v) is 6.86. The van der Waals surface area contributed by atoms with Crippen LogP contribution in [0.4, 0.5) is 0 Å². The van der Waals surface area contributed by atoms with Crippen LogP contribution in [0.25, 0.3) is 0 Å². The molecule has 1 saturated heterocycles. The number of benzene rings is 1. The summed E-state index contributed by atoms with van der Waals surface area (Å²) in [5, 5.41) is 2.79. The Morgan fingerprint density at radius 2 is 1.81 bits per heavy atom. The Labute approximate surface area is 160 Å². The molecule has 0 spiro atoms. The van der Waals surface area contributed by atoms with Crippen LogP contribution < -0.4 is 5.32 Å². The van der Waals surface area contributed by atoms with E-state index in [2.05, 4.69) is 5.32 Å². The van der Waals surface area contributed by atoms with Gasteiger partial charge in [-0.05, 0) is 58.1 Å². The van der Waals surface area contributed by atoms with Crippen molar-refractivity contribution in [2.24, 2.45) is 0 Å². The molecule has 3 rings (SSSR count). The quantitative estimate of drug-likeness (QED) is 0.742. The van der Waals surface area contributed by atoms with Crippen molar-refractivity contribution >= 4 is 21.9 Å². The molecule has 1 aliphatic carbocycles. The van der Waals surface area contributed by atoms with Gasteiger partial charge in [-0.3, -0.25) is 9.59 Å². The van der Waals surface area contributed by atoms with Gasteiger partial charge in [-0.25, -0.2) is 8.42 Å². The largest absolute Gasteiger partial charge is 0.451 e. The van der Waals surface area contributed by atoms with Crippen LogP contribution in [0.2, 0.25) is 0 Å². The molecule has 27 heavy (non-hydrogen) atoms. The zero-order valence-corrected chi connectivity index (χ0v) is 16.5. The predicted molar refractivity (Wildman–Crippen MR) is 99.4 cm³/mol. The van der Waals surface area contributed by atoms with Crippen molar-refractivity contribution < 1.29 is 22.7 Å². The zero-order valence-electron chi connectivity index (χ0n) is 15.7. The number of hydrogen-bond acceptors (Lipinski definition) is 5. The maximum absolute atomic E-state index is 13.0. The minimum absolute atomic E-state index is 0.160. The summed E-state index contributed by atoms with van der Waals surface area (Å²) in [6.07, 6.45) is 2.76. The van der Waals surface area contributed by atoms with E-state index in [0.29, 0.717) is 12.8 Å². The van der Waals surface area contributed by atoms with Gasteiger partial charge in [0, 0.05) is 12.6 Å². The average molecular weight is 394 g/mol. The van der Waals surface area contributed by atoms with E-state index in [0.717, 1.165) is 24.8 Å². The molecule has 0 aromatic heterocycles. The van der Waals surface area contributed by atoms with Crippen molar-refractivity contribution in [3.05, 3.63) is 29.8 Å². The van der Waals surface area contributed by atoms with E-state index in [-0.39, 0.29) is 23.4 Å². The minimum Gasteiger partial charge on any atom is -0.451 e. The molecule has 1 aliphatic heterocycles. The molecule has 0 radical (unpaired) electrons. The fourth-order valence-corrected chi connectivity index (χ4v) is 4.77. The minimum atomic E-state index is -3.81. The molecule has 1 amide bonds. The highest BCUT2D eigenvalue weighted by Gasteiger charge is 2.39. The van der Waals surface area contributed by atoms with Crippen molar-refractivity contribution in [1.82, 2.24) is 9.62 Å². The first-order chi connectivity index (χ1) is 12.8. The van der Waals surface area contributed by atoms with Gasteiger partial charge >= 0.3 is 5.97 Å². The van der Waals surface area contributed by atoms with Gasteiger partial charge in [0.25, 0.3) is 5.91 Å². The summed E-state index contributed by atoms with van der Waals surface area (Å²) in [6.45, 7) is 3.65. The van der Waals surface area contributed by atoms with Crippen LogP contribution in [0.15, 0.2) is 29.2 Å². The van der Waals surface area contributed by atoms with Gasteiger partial charge in [-0.2, -0.15) is 4.31 Å². The van der Waals surface area contributed by atoms with E-state index in [1.54, 1.807) is 24.3 Å². The second-order valence-electron chi connectivity index (χ2n) is 7.30. The molecular formula is C19H26N2O5S. The molecular weight excluding hydrogens is 368 g/mol. The van der Waals surface area contributed by atoms with Crippen molar-refractivity contribution in [3.63, 3.8) is 0 Å². The molecule has 8 heteroatoms. The molecule has 1 heterocycles. The molecule has 2 aliphatic rings. The van der Waals surface area contributed by atoms with Crippen LogP contribution in [0.1, 0.15) is 44.6 Å². The number of nitrogens with zero attached hydrogens (tertiary/aromatic N) is 1. The number of sulfonamides is 1. The molecule has 2 atom stereocenters. The molecule has 1 aromatic rings. The monoisotopic (exact) mass is 394 g/mol. The van der Waals surface area contributed by atoms with Gasteiger partial charge < -0.3 is 10.1 Å². The summed E-state index contributed by atoms with van der Waals surface area (Å²) < 4.78 is 32.6. The van der Waals surface area contributed by atoms with Crippen LogP contribution >= 0.6 is 0 Å². The lowest BCUT2D eigenvalue weighted by molar-refractivity contribution is -0.159. The first-order valence-electron chi connectivity index (χ1n) is 9.38. The van der Waals surface area contributed by atoms with Gasteiger partial charge in [0.05, 0.1) is 4.90 Å². The van der Waals surface area contributed by atoms with Crippen LogP contribution in [0, 0.1) is 6.92 Å². The normalized spacial score (nSPS) is 22.1. The maximum atomic E-state index is 13.0. The Bertz CT molecular complexity index is 802. The van der Waals surface area contributed by atoms with Gasteiger partial charge in [0.1, 0.15) is 6.04 Å². The van der Waals surface area contributed by atoms with Gasteiger partial charge in [-0.15, -0.1) is 0 Å². The number of carbonyl (C=O) groups is 2. The highest BCUT2D eigenvalue weighted by atomic mass is 32.2. The number of carbonyl (C=O) groups excluding carboxylic acids is 2. The lowest BCUT2D eigenvalue weighted by Gasteiger charge is -2.33. The number of aryl methyl sites for hydroxylation is 1. The van der Waals surface area contributed by atoms with Crippen LogP contribution in [0.5, 0.6) is 0 Å². The number of hydrogen-bond donors (Lipinski definition) is 1. The number of rotatable bonds is 6. The van der Waals surface area contributed by atoms with Gasteiger partial charge in [-0.1, -0.05) is 17.7 Å². The topological polar surface area (TPSA) is 92.8 Å². The van der Waals surface area contributed by atoms with E-state index >= 15 is 0 Å². The number of esters is 1. The summed E-state index contributed by atoms with van der Waals surface area (Å²) >= 11 is 0.